The zero-order chi connectivity index (χ0) is 14.7. The minimum Gasteiger partial charge on any atom is -0.392 e. The largest absolute Gasteiger partial charge is 0.392 e. The molecule has 1 aromatic carbocycles. The molecule has 0 bridgehead atoms. The highest BCUT2D eigenvalue weighted by atomic mass is 35.5. The average Bonchev–Trinajstić information content (AvgIpc) is 2.81. The standard InChI is InChI=1S/C14H17Cl2N3O/c1-9(2)19-14(17-8-18-19)7-12(20)5-10-3-4-11(15)6-13(10)16/h3-4,6,8-9,12,20H,5,7H2,1-2H3. The molecule has 20 heavy (non-hydrogen) atoms. The van der Waals surface area contributed by atoms with Crippen LogP contribution in [0.4, 0.5) is 0 Å². The number of aliphatic hydroxyl groups excluding tert-OH is 1. The van der Waals surface area contributed by atoms with Crippen LogP contribution in [0.2, 0.25) is 10.0 Å². The molecule has 0 spiro atoms. The summed E-state index contributed by atoms with van der Waals surface area (Å²) in [7, 11) is 0. The third-order valence-electron chi connectivity index (χ3n) is 3.03. The number of nitrogens with zero attached hydrogens (tertiary/aromatic N) is 3. The van der Waals surface area contributed by atoms with Crippen molar-refractivity contribution in [3.05, 3.63) is 46.0 Å². The van der Waals surface area contributed by atoms with Gasteiger partial charge in [-0.25, -0.2) is 9.67 Å². The maximum Gasteiger partial charge on any atom is 0.138 e. The second kappa shape index (κ2) is 6.57. The van der Waals surface area contributed by atoms with E-state index in [0.717, 1.165) is 11.4 Å². The Morgan fingerprint density at radius 2 is 2.00 bits per heavy atom. The molecule has 0 fully saturated rings. The summed E-state index contributed by atoms with van der Waals surface area (Å²) in [6.45, 7) is 4.06. The fourth-order valence-corrected chi connectivity index (χ4v) is 2.56. The maximum atomic E-state index is 10.2. The van der Waals surface area contributed by atoms with E-state index >= 15 is 0 Å². The second-order valence-corrected chi connectivity index (χ2v) is 5.86. The van der Waals surface area contributed by atoms with Crippen molar-refractivity contribution < 1.29 is 5.11 Å². The first-order chi connectivity index (χ1) is 9.47. The Labute approximate surface area is 128 Å². The topological polar surface area (TPSA) is 50.9 Å². The van der Waals surface area contributed by atoms with E-state index in [0.29, 0.717) is 22.9 Å². The zero-order valence-corrected chi connectivity index (χ0v) is 12.9. The van der Waals surface area contributed by atoms with Crippen molar-refractivity contribution in [2.45, 2.75) is 38.8 Å². The van der Waals surface area contributed by atoms with Crippen LogP contribution in [0.1, 0.15) is 31.3 Å². The lowest BCUT2D eigenvalue weighted by Crippen LogP contribution is -2.19. The number of hydrogen-bond acceptors (Lipinski definition) is 3. The molecular weight excluding hydrogens is 297 g/mol. The van der Waals surface area contributed by atoms with E-state index in [4.69, 9.17) is 23.2 Å². The van der Waals surface area contributed by atoms with Crippen molar-refractivity contribution in [1.82, 2.24) is 14.8 Å². The Morgan fingerprint density at radius 1 is 1.25 bits per heavy atom. The summed E-state index contributed by atoms with van der Waals surface area (Å²) in [5.74, 6) is 0.776. The van der Waals surface area contributed by atoms with E-state index in [2.05, 4.69) is 10.1 Å². The van der Waals surface area contributed by atoms with Crippen LogP contribution in [0.15, 0.2) is 24.5 Å². The molecule has 1 aromatic heterocycles. The summed E-state index contributed by atoms with van der Waals surface area (Å²) in [4.78, 5) is 4.19. The Balaban J connectivity index is 2.05. The first-order valence-electron chi connectivity index (χ1n) is 6.47. The van der Waals surface area contributed by atoms with Gasteiger partial charge in [0.15, 0.2) is 0 Å². The van der Waals surface area contributed by atoms with Gasteiger partial charge in [0.25, 0.3) is 0 Å². The molecule has 1 heterocycles. The number of benzene rings is 1. The van der Waals surface area contributed by atoms with Gasteiger partial charge >= 0.3 is 0 Å². The monoisotopic (exact) mass is 313 g/mol. The molecule has 1 N–H and O–H groups in total. The van der Waals surface area contributed by atoms with E-state index < -0.39 is 6.10 Å². The third kappa shape index (κ3) is 3.72. The van der Waals surface area contributed by atoms with Gasteiger partial charge in [-0.2, -0.15) is 5.10 Å². The van der Waals surface area contributed by atoms with Gasteiger partial charge in [-0.05, 0) is 31.5 Å². The molecule has 1 unspecified atom stereocenters. The van der Waals surface area contributed by atoms with Gasteiger partial charge in [0.2, 0.25) is 0 Å². The maximum absolute atomic E-state index is 10.2. The smallest absolute Gasteiger partial charge is 0.138 e. The van der Waals surface area contributed by atoms with Crippen molar-refractivity contribution in [3.63, 3.8) is 0 Å². The summed E-state index contributed by atoms with van der Waals surface area (Å²) in [5, 5.41) is 15.5. The van der Waals surface area contributed by atoms with Gasteiger partial charge in [-0.3, -0.25) is 0 Å². The summed E-state index contributed by atoms with van der Waals surface area (Å²) in [6, 6.07) is 5.51. The number of halogens is 2. The van der Waals surface area contributed by atoms with Crippen molar-refractivity contribution in [2.75, 3.05) is 0 Å². The average molecular weight is 314 g/mol. The third-order valence-corrected chi connectivity index (χ3v) is 3.61. The molecule has 2 rings (SSSR count). The van der Waals surface area contributed by atoms with Gasteiger partial charge < -0.3 is 5.11 Å². The molecule has 0 saturated heterocycles. The van der Waals surface area contributed by atoms with Crippen molar-refractivity contribution >= 4 is 23.2 Å². The minimum atomic E-state index is -0.560. The van der Waals surface area contributed by atoms with Crippen molar-refractivity contribution in [3.8, 4) is 0 Å². The lowest BCUT2D eigenvalue weighted by Gasteiger charge is -2.14. The van der Waals surface area contributed by atoms with E-state index in [1.807, 2.05) is 24.6 Å². The van der Waals surface area contributed by atoms with E-state index in [1.165, 1.54) is 6.33 Å². The predicted octanol–water partition coefficient (Wildman–Crippen LogP) is 3.31. The molecule has 1 atom stereocenters. The van der Waals surface area contributed by atoms with Gasteiger partial charge in [-0.1, -0.05) is 29.3 Å². The highest BCUT2D eigenvalue weighted by Crippen LogP contribution is 2.22. The molecule has 0 radical (unpaired) electrons. The molecule has 2 aromatic rings. The molecule has 108 valence electrons. The SMILES string of the molecule is CC(C)n1ncnc1CC(O)Cc1ccc(Cl)cc1Cl. The van der Waals surface area contributed by atoms with Gasteiger partial charge in [0.1, 0.15) is 12.2 Å². The van der Waals surface area contributed by atoms with Crippen molar-refractivity contribution in [2.24, 2.45) is 0 Å². The fraction of sp³-hybridized carbons (Fsp3) is 0.429. The van der Waals surface area contributed by atoms with E-state index in [-0.39, 0.29) is 6.04 Å². The highest BCUT2D eigenvalue weighted by molar-refractivity contribution is 6.35. The molecule has 0 aliphatic heterocycles. The summed E-state index contributed by atoms with van der Waals surface area (Å²) in [5.41, 5.74) is 0.874. The number of aromatic nitrogens is 3. The highest BCUT2D eigenvalue weighted by Gasteiger charge is 2.15. The summed E-state index contributed by atoms with van der Waals surface area (Å²) in [6.07, 6.45) is 1.85. The molecule has 0 saturated carbocycles. The van der Waals surface area contributed by atoms with Gasteiger partial charge in [0.05, 0.1) is 6.10 Å². The Bertz CT molecular complexity index is 584. The van der Waals surface area contributed by atoms with Crippen LogP contribution in [0.5, 0.6) is 0 Å². The lowest BCUT2D eigenvalue weighted by atomic mass is 10.1. The normalized spacial score (nSPS) is 12.9. The number of aliphatic hydroxyl groups is 1. The quantitative estimate of drug-likeness (QED) is 0.921. The first kappa shape index (κ1) is 15.3. The van der Waals surface area contributed by atoms with Gasteiger partial charge in [-0.15, -0.1) is 0 Å². The van der Waals surface area contributed by atoms with Crippen molar-refractivity contribution in [1.29, 1.82) is 0 Å². The minimum absolute atomic E-state index is 0.221. The Hall–Kier alpha value is -1.10. The Kier molecular flexibility index (Phi) is 5.02. The van der Waals surface area contributed by atoms with Gasteiger partial charge in [0, 0.05) is 28.9 Å². The van der Waals surface area contributed by atoms with Crippen LogP contribution in [0.25, 0.3) is 0 Å². The summed E-state index contributed by atoms with van der Waals surface area (Å²) >= 11 is 12.0. The molecule has 0 amide bonds. The molecule has 0 aliphatic rings. The first-order valence-corrected chi connectivity index (χ1v) is 7.23. The summed E-state index contributed by atoms with van der Waals surface area (Å²) < 4.78 is 1.81. The van der Waals surface area contributed by atoms with Crippen LogP contribution < -0.4 is 0 Å². The fourth-order valence-electron chi connectivity index (χ4n) is 2.08. The van der Waals surface area contributed by atoms with E-state index in [9.17, 15) is 5.11 Å². The predicted molar refractivity (Wildman–Crippen MR) is 80.3 cm³/mol. The second-order valence-electron chi connectivity index (χ2n) is 5.01. The molecule has 0 aliphatic carbocycles. The van der Waals surface area contributed by atoms with Crippen LogP contribution in [-0.2, 0) is 12.8 Å². The molecular formula is C14H17Cl2N3O. The lowest BCUT2D eigenvalue weighted by molar-refractivity contribution is 0.170. The van der Waals surface area contributed by atoms with Crippen LogP contribution in [-0.4, -0.2) is 26.0 Å². The van der Waals surface area contributed by atoms with E-state index in [1.54, 1.807) is 12.1 Å². The number of hydrogen-bond donors (Lipinski definition) is 1. The van der Waals surface area contributed by atoms with Crippen LogP contribution in [0, 0.1) is 0 Å². The van der Waals surface area contributed by atoms with Crippen LogP contribution in [0.3, 0.4) is 0 Å². The molecule has 4 nitrogen and oxygen atoms in total. The Morgan fingerprint density at radius 3 is 2.65 bits per heavy atom. The zero-order valence-electron chi connectivity index (χ0n) is 11.4. The molecule has 6 heteroatoms. The van der Waals surface area contributed by atoms with Crippen LogP contribution >= 0.6 is 23.2 Å². The number of rotatable bonds is 5.